The van der Waals surface area contributed by atoms with Gasteiger partial charge in [0.05, 0.1) is 17.7 Å². The summed E-state index contributed by atoms with van der Waals surface area (Å²) < 4.78 is 34.3. The fraction of sp³-hybridized carbons (Fsp3) is 0.333. The average molecular weight is 655 g/mol. The number of anilines is 1. The third-order valence-electron chi connectivity index (χ3n) is 6.09. The van der Waals surface area contributed by atoms with Crippen molar-refractivity contribution in [2.24, 2.45) is 0 Å². The summed E-state index contributed by atoms with van der Waals surface area (Å²) >= 11 is 6.06. The summed E-state index contributed by atoms with van der Waals surface area (Å²) in [5.41, 5.74) is 3.33. The molecule has 0 unspecified atom stereocenters. The molecular formula is C27H33ClFN6O8P. The highest BCUT2D eigenvalue weighted by Gasteiger charge is 2.24. The highest BCUT2D eigenvalue weighted by atomic mass is 35.5. The van der Waals surface area contributed by atoms with E-state index >= 15 is 0 Å². The van der Waals surface area contributed by atoms with Gasteiger partial charge in [-0.1, -0.05) is 48.0 Å². The zero-order valence-corrected chi connectivity index (χ0v) is 25.3. The molecule has 0 radical (unpaired) electrons. The Morgan fingerprint density at radius 2 is 1.82 bits per heavy atom. The molecule has 1 atom stereocenters. The molecule has 0 bridgehead atoms. The number of nitrogens with zero attached hydrogens (tertiary/aromatic N) is 2. The smallest absolute Gasteiger partial charge is 0.447 e. The van der Waals surface area contributed by atoms with E-state index < -0.39 is 37.7 Å². The second-order valence-electron chi connectivity index (χ2n) is 9.38. The fourth-order valence-corrected chi connectivity index (χ4v) is 4.56. The van der Waals surface area contributed by atoms with Crippen molar-refractivity contribution >= 4 is 54.0 Å². The normalized spacial score (nSPS) is 11.9. The molecule has 3 aromatic rings. The van der Waals surface area contributed by atoms with Crippen LogP contribution in [-0.2, 0) is 25.2 Å². The zero-order chi connectivity index (χ0) is 32.1. The highest BCUT2D eigenvalue weighted by Crippen LogP contribution is 2.35. The van der Waals surface area contributed by atoms with Gasteiger partial charge in [0.25, 0.3) is 0 Å². The maximum atomic E-state index is 13.9. The second-order valence-corrected chi connectivity index (χ2v) is 11.0. The minimum Gasteiger partial charge on any atom is -0.447 e. The third kappa shape index (κ3) is 11.7. The lowest BCUT2D eigenvalue weighted by atomic mass is 10.1. The predicted molar refractivity (Wildman–Crippen MR) is 160 cm³/mol. The number of urea groups is 1. The van der Waals surface area contributed by atoms with Crippen LogP contribution in [0.1, 0.15) is 25.3 Å². The minimum atomic E-state index is -4.63. The first-order chi connectivity index (χ1) is 20.9. The van der Waals surface area contributed by atoms with E-state index in [0.717, 1.165) is 10.8 Å². The van der Waals surface area contributed by atoms with E-state index in [1.54, 1.807) is 18.3 Å². The molecule has 2 aromatic carbocycles. The first-order valence-electron chi connectivity index (χ1n) is 13.4. The van der Waals surface area contributed by atoms with E-state index in [2.05, 4.69) is 30.9 Å². The largest absolute Gasteiger partial charge is 0.469 e. The lowest BCUT2D eigenvalue weighted by Gasteiger charge is -2.31. The van der Waals surface area contributed by atoms with Gasteiger partial charge in [-0.2, -0.15) is 0 Å². The first-order valence-corrected chi connectivity index (χ1v) is 15.3. The van der Waals surface area contributed by atoms with Crippen LogP contribution in [0.2, 0.25) is 5.02 Å². The average Bonchev–Trinajstić information content (AvgIpc) is 2.97. The highest BCUT2D eigenvalue weighted by molar-refractivity contribution is 7.46. The molecule has 0 aliphatic heterocycles. The summed E-state index contributed by atoms with van der Waals surface area (Å²) in [6, 6.07) is 12.1. The maximum absolute atomic E-state index is 13.9. The van der Waals surface area contributed by atoms with Crippen molar-refractivity contribution in [3.05, 3.63) is 71.1 Å². The molecule has 0 aliphatic rings. The number of hydrazine groups is 1. The van der Waals surface area contributed by atoms with Crippen molar-refractivity contribution in [2.45, 2.75) is 32.4 Å². The lowest BCUT2D eigenvalue weighted by molar-refractivity contribution is -0.136. The molecule has 44 heavy (non-hydrogen) atoms. The first kappa shape index (κ1) is 34.6. The maximum Gasteiger partial charge on any atom is 0.469 e. The van der Waals surface area contributed by atoms with Crippen LogP contribution in [0.4, 0.5) is 19.8 Å². The van der Waals surface area contributed by atoms with E-state index in [9.17, 15) is 23.3 Å². The minimum absolute atomic E-state index is 0.00276. The van der Waals surface area contributed by atoms with Crippen LogP contribution < -0.4 is 21.4 Å². The number of nitrogens with one attached hydrogen (secondary N) is 4. The van der Waals surface area contributed by atoms with Gasteiger partial charge < -0.3 is 25.2 Å². The van der Waals surface area contributed by atoms with Gasteiger partial charge in [0, 0.05) is 38.1 Å². The number of ether oxygens (including phenoxy) is 1. The molecule has 17 heteroatoms. The van der Waals surface area contributed by atoms with Crippen LogP contribution in [0.25, 0.3) is 10.8 Å². The number of rotatable bonds is 15. The van der Waals surface area contributed by atoms with E-state index in [1.165, 1.54) is 24.1 Å². The Kier molecular flexibility index (Phi) is 13.3. The number of carbonyl (C=O) groups excluding carboxylic acids is 3. The topological polar surface area (TPSA) is 191 Å². The molecule has 0 aliphatic carbocycles. The Labute approximate surface area is 257 Å². The van der Waals surface area contributed by atoms with E-state index in [0.29, 0.717) is 12.0 Å². The summed E-state index contributed by atoms with van der Waals surface area (Å²) in [6.07, 6.45) is 1.40. The van der Waals surface area contributed by atoms with Crippen LogP contribution in [0.15, 0.2) is 54.7 Å². The number of phosphoric ester groups is 1. The molecule has 238 valence electrons. The Bertz CT molecular complexity index is 1500. The van der Waals surface area contributed by atoms with E-state index in [1.807, 2.05) is 24.3 Å². The number of hydrogen-bond donors (Lipinski definition) is 6. The van der Waals surface area contributed by atoms with Gasteiger partial charge >= 0.3 is 19.9 Å². The molecule has 3 rings (SSSR count). The van der Waals surface area contributed by atoms with Gasteiger partial charge in [-0.15, -0.1) is 0 Å². The predicted octanol–water partition coefficient (Wildman–Crippen LogP) is 3.69. The third-order valence-corrected chi connectivity index (χ3v) is 7.03. The van der Waals surface area contributed by atoms with Crippen molar-refractivity contribution in [1.82, 2.24) is 26.1 Å². The van der Waals surface area contributed by atoms with E-state index in [-0.39, 0.29) is 50.1 Å². The number of phosphoric acid groups is 1. The molecule has 1 aromatic heterocycles. The number of benzene rings is 2. The van der Waals surface area contributed by atoms with Crippen molar-refractivity contribution < 1.29 is 42.4 Å². The van der Waals surface area contributed by atoms with Crippen LogP contribution in [0.5, 0.6) is 0 Å². The molecule has 0 spiro atoms. The van der Waals surface area contributed by atoms with Crippen LogP contribution in [0.3, 0.4) is 0 Å². The number of pyridine rings is 1. The van der Waals surface area contributed by atoms with Gasteiger partial charge in [-0.25, -0.2) is 29.0 Å². The number of halogens is 2. The van der Waals surface area contributed by atoms with Crippen molar-refractivity contribution in [3.63, 3.8) is 0 Å². The summed E-state index contributed by atoms with van der Waals surface area (Å²) in [5, 5.41) is 10.4. The second kappa shape index (κ2) is 16.9. The number of carbonyl (C=O) groups is 3. The molecule has 14 nitrogen and oxygen atoms in total. The van der Waals surface area contributed by atoms with Crippen molar-refractivity contribution in [3.8, 4) is 0 Å². The fourth-order valence-electron chi connectivity index (χ4n) is 4.04. The molecule has 0 saturated carbocycles. The van der Waals surface area contributed by atoms with Crippen molar-refractivity contribution in [1.29, 1.82) is 0 Å². The summed E-state index contributed by atoms with van der Waals surface area (Å²) in [5.74, 6) is -0.760. The van der Waals surface area contributed by atoms with E-state index in [4.69, 9.17) is 26.1 Å². The van der Waals surface area contributed by atoms with Gasteiger partial charge in [0.15, 0.2) is 0 Å². The Morgan fingerprint density at radius 3 is 2.55 bits per heavy atom. The van der Waals surface area contributed by atoms with Gasteiger partial charge in [-0.3, -0.25) is 19.6 Å². The standard InChI is InChI=1S/C27H33ClFN6O8P/c1-18(36)35(33-16-21-8-4-10-23(29)25(21)28)22(9-5-11-30-26(37)31-12-13-43-44(39,40)41)17-42-27(38)34-24-14-19-6-2-3-7-20(19)15-32-24/h2-4,6-8,10,14-15,22,33H,5,9,11-13,16-17H2,1H3,(H2,30,31,37)(H,32,34,38)(H2,39,40,41)/t22-/m0/s1. The van der Waals surface area contributed by atoms with Crippen LogP contribution in [-0.4, -0.2) is 70.2 Å². The van der Waals surface area contributed by atoms with Crippen molar-refractivity contribution in [2.75, 3.05) is 31.6 Å². The molecule has 4 amide bonds. The quantitative estimate of drug-likeness (QED) is 0.0800. The molecule has 0 fully saturated rings. The van der Waals surface area contributed by atoms with Crippen LogP contribution in [0, 0.1) is 5.82 Å². The Hall–Kier alpha value is -3.85. The molecule has 0 saturated heterocycles. The Morgan fingerprint density at radius 1 is 1.09 bits per heavy atom. The number of hydrogen-bond acceptors (Lipinski definition) is 8. The monoisotopic (exact) mass is 654 g/mol. The lowest BCUT2D eigenvalue weighted by Crippen LogP contribution is -2.51. The SMILES string of the molecule is CC(=O)N(NCc1cccc(F)c1Cl)[C@@H](CCCNC(=O)NCCOP(=O)(O)O)COC(=O)Nc1cc2ccccc2cn1. The van der Waals surface area contributed by atoms with Gasteiger partial charge in [-0.05, 0) is 35.9 Å². The Balaban J connectivity index is 1.60. The molecule has 1 heterocycles. The molecule has 6 N–H and O–H groups in total. The summed E-state index contributed by atoms with van der Waals surface area (Å²) in [4.78, 5) is 58.8. The van der Waals surface area contributed by atoms with Gasteiger partial charge in [0.1, 0.15) is 18.2 Å². The summed E-state index contributed by atoms with van der Waals surface area (Å²) in [6.45, 7) is 0.682. The van der Waals surface area contributed by atoms with Gasteiger partial charge in [0.2, 0.25) is 5.91 Å². The number of fused-ring (bicyclic) bond motifs is 1. The molecular weight excluding hydrogens is 622 g/mol. The summed E-state index contributed by atoms with van der Waals surface area (Å²) in [7, 11) is -4.63. The zero-order valence-electron chi connectivity index (χ0n) is 23.7. The number of aromatic nitrogens is 1. The van der Waals surface area contributed by atoms with Crippen LogP contribution >= 0.6 is 19.4 Å². The number of amides is 4.